The maximum atomic E-state index is 9.07. The van der Waals surface area contributed by atoms with Crippen LogP contribution in [-0.2, 0) is 6.42 Å². The lowest BCUT2D eigenvalue weighted by Gasteiger charge is -2.19. The van der Waals surface area contributed by atoms with Crippen molar-refractivity contribution in [2.45, 2.75) is 34.1 Å². The fourth-order valence-corrected chi connectivity index (χ4v) is 1.85. The summed E-state index contributed by atoms with van der Waals surface area (Å²) in [5.74, 6) is 0.890. The highest BCUT2D eigenvalue weighted by Gasteiger charge is 2.21. The van der Waals surface area contributed by atoms with E-state index < -0.39 is 0 Å². The summed E-state index contributed by atoms with van der Waals surface area (Å²) in [7, 11) is 1.68. The Morgan fingerprint density at radius 2 is 1.94 bits per heavy atom. The quantitative estimate of drug-likeness (QED) is 0.777. The summed E-state index contributed by atoms with van der Waals surface area (Å²) < 4.78 is 5.39. The van der Waals surface area contributed by atoms with Crippen LogP contribution in [0.4, 0.5) is 0 Å². The molecule has 16 heavy (non-hydrogen) atoms. The second kappa shape index (κ2) is 4.57. The van der Waals surface area contributed by atoms with Crippen molar-refractivity contribution in [1.29, 1.82) is 5.26 Å². The lowest BCUT2D eigenvalue weighted by atomic mass is 9.85. The third-order valence-electron chi connectivity index (χ3n) is 2.72. The van der Waals surface area contributed by atoms with Gasteiger partial charge in [0.25, 0.3) is 0 Å². The Morgan fingerprint density at radius 3 is 2.44 bits per heavy atom. The van der Waals surface area contributed by atoms with Crippen molar-refractivity contribution in [1.82, 2.24) is 0 Å². The number of ether oxygens (including phenoxy) is 1. The molecule has 0 heterocycles. The van der Waals surface area contributed by atoms with Crippen molar-refractivity contribution in [2.75, 3.05) is 7.11 Å². The Labute approximate surface area is 97.9 Å². The standard InChI is InChI=1S/C14H19NO/c1-10-6-11(2)12(13(7-10)16-5)8-14(3,4)9-15/h6-7H,8H2,1-5H3. The third kappa shape index (κ3) is 2.76. The van der Waals surface area contributed by atoms with Crippen molar-refractivity contribution in [3.63, 3.8) is 0 Å². The first-order valence-electron chi connectivity index (χ1n) is 5.45. The highest BCUT2D eigenvalue weighted by atomic mass is 16.5. The molecule has 86 valence electrons. The van der Waals surface area contributed by atoms with Crippen LogP contribution in [0.25, 0.3) is 0 Å². The van der Waals surface area contributed by atoms with E-state index in [-0.39, 0.29) is 5.41 Å². The smallest absolute Gasteiger partial charge is 0.122 e. The predicted molar refractivity (Wildman–Crippen MR) is 65.6 cm³/mol. The average molecular weight is 217 g/mol. The number of hydrogen-bond donors (Lipinski definition) is 0. The van der Waals surface area contributed by atoms with Crippen LogP contribution in [0.5, 0.6) is 5.75 Å². The number of benzene rings is 1. The Hall–Kier alpha value is -1.49. The molecule has 1 aromatic carbocycles. The van der Waals surface area contributed by atoms with E-state index in [2.05, 4.69) is 26.0 Å². The molecule has 0 spiro atoms. The summed E-state index contributed by atoms with van der Waals surface area (Å²) in [6, 6.07) is 6.48. The summed E-state index contributed by atoms with van der Waals surface area (Å²) in [4.78, 5) is 0. The molecular formula is C14H19NO. The van der Waals surface area contributed by atoms with E-state index in [9.17, 15) is 0 Å². The van der Waals surface area contributed by atoms with Crippen molar-refractivity contribution < 1.29 is 4.74 Å². The van der Waals surface area contributed by atoms with Crippen LogP contribution in [-0.4, -0.2) is 7.11 Å². The highest BCUT2D eigenvalue weighted by molar-refractivity contribution is 5.44. The van der Waals surface area contributed by atoms with Gasteiger partial charge < -0.3 is 4.74 Å². The van der Waals surface area contributed by atoms with Gasteiger partial charge in [-0.25, -0.2) is 0 Å². The largest absolute Gasteiger partial charge is 0.496 e. The molecule has 0 atom stereocenters. The summed E-state index contributed by atoms with van der Waals surface area (Å²) in [5, 5.41) is 9.07. The molecule has 0 fully saturated rings. The van der Waals surface area contributed by atoms with Crippen molar-refractivity contribution >= 4 is 0 Å². The minimum absolute atomic E-state index is 0.354. The molecule has 0 saturated carbocycles. The van der Waals surface area contributed by atoms with E-state index in [1.54, 1.807) is 7.11 Å². The zero-order chi connectivity index (χ0) is 12.3. The molecule has 0 aliphatic carbocycles. The van der Waals surface area contributed by atoms with E-state index in [4.69, 9.17) is 10.00 Å². The second-order valence-corrected chi connectivity index (χ2v) is 4.94. The van der Waals surface area contributed by atoms with E-state index in [1.807, 2.05) is 19.9 Å². The Morgan fingerprint density at radius 1 is 1.31 bits per heavy atom. The van der Waals surface area contributed by atoms with E-state index in [1.165, 1.54) is 11.1 Å². The molecule has 0 aliphatic rings. The van der Waals surface area contributed by atoms with Crippen LogP contribution in [0, 0.1) is 30.6 Å². The second-order valence-electron chi connectivity index (χ2n) is 4.94. The van der Waals surface area contributed by atoms with Gasteiger partial charge in [-0.2, -0.15) is 5.26 Å². The molecule has 0 bridgehead atoms. The van der Waals surface area contributed by atoms with Crippen LogP contribution >= 0.6 is 0 Å². The Kier molecular flexibility index (Phi) is 3.59. The van der Waals surface area contributed by atoms with Crippen LogP contribution in [0.1, 0.15) is 30.5 Å². The summed E-state index contributed by atoms with van der Waals surface area (Å²) in [6.45, 7) is 8.02. The molecule has 2 nitrogen and oxygen atoms in total. The van der Waals surface area contributed by atoms with Gasteiger partial charge in [-0.15, -0.1) is 0 Å². The van der Waals surface area contributed by atoms with E-state index >= 15 is 0 Å². The normalized spacial score (nSPS) is 11.0. The number of rotatable bonds is 3. The molecule has 0 unspecified atom stereocenters. The van der Waals surface area contributed by atoms with Gasteiger partial charge in [0.2, 0.25) is 0 Å². The molecule has 2 heteroatoms. The number of hydrogen-bond acceptors (Lipinski definition) is 2. The van der Waals surface area contributed by atoms with Gasteiger partial charge in [-0.05, 0) is 56.9 Å². The number of methoxy groups -OCH3 is 1. The van der Waals surface area contributed by atoms with Crippen LogP contribution < -0.4 is 4.74 Å². The van der Waals surface area contributed by atoms with Crippen molar-refractivity contribution in [2.24, 2.45) is 5.41 Å². The molecule has 0 amide bonds. The minimum Gasteiger partial charge on any atom is -0.496 e. The van der Waals surface area contributed by atoms with Crippen LogP contribution in [0.3, 0.4) is 0 Å². The lowest BCUT2D eigenvalue weighted by molar-refractivity contribution is 0.398. The minimum atomic E-state index is -0.354. The Bertz CT molecular complexity index is 427. The number of aryl methyl sites for hydroxylation is 2. The highest BCUT2D eigenvalue weighted by Crippen LogP contribution is 2.30. The topological polar surface area (TPSA) is 33.0 Å². The number of nitrogens with zero attached hydrogens (tertiary/aromatic N) is 1. The summed E-state index contributed by atoms with van der Waals surface area (Å²) >= 11 is 0. The van der Waals surface area contributed by atoms with Crippen LogP contribution in [0.2, 0.25) is 0 Å². The lowest BCUT2D eigenvalue weighted by Crippen LogP contribution is -2.13. The average Bonchev–Trinajstić information content (AvgIpc) is 2.21. The number of nitriles is 1. The van der Waals surface area contributed by atoms with Crippen LogP contribution in [0.15, 0.2) is 12.1 Å². The fraction of sp³-hybridized carbons (Fsp3) is 0.500. The maximum Gasteiger partial charge on any atom is 0.122 e. The monoisotopic (exact) mass is 217 g/mol. The predicted octanol–water partition coefficient (Wildman–Crippen LogP) is 3.40. The van der Waals surface area contributed by atoms with Crippen molar-refractivity contribution in [3.05, 3.63) is 28.8 Å². The van der Waals surface area contributed by atoms with Gasteiger partial charge in [0.05, 0.1) is 18.6 Å². The first-order chi connectivity index (χ1) is 7.39. The molecule has 0 aromatic heterocycles. The van der Waals surface area contributed by atoms with E-state index in [0.717, 1.165) is 17.7 Å². The molecule has 0 aliphatic heterocycles. The third-order valence-corrected chi connectivity index (χ3v) is 2.72. The van der Waals surface area contributed by atoms with Gasteiger partial charge in [-0.3, -0.25) is 0 Å². The zero-order valence-corrected chi connectivity index (χ0v) is 10.7. The Balaban J connectivity index is 3.18. The van der Waals surface area contributed by atoms with E-state index in [0.29, 0.717) is 0 Å². The van der Waals surface area contributed by atoms with Crippen molar-refractivity contribution in [3.8, 4) is 11.8 Å². The summed E-state index contributed by atoms with van der Waals surface area (Å²) in [5.41, 5.74) is 3.17. The SMILES string of the molecule is COc1cc(C)cc(C)c1CC(C)(C)C#N. The summed E-state index contributed by atoms with van der Waals surface area (Å²) in [6.07, 6.45) is 0.721. The zero-order valence-electron chi connectivity index (χ0n) is 10.7. The molecule has 0 N–H and O–H groups in total. The van der Waals surface area contributed by atoms with Gasteiger partial charge in [0.1, 0.15) is 5.75 Å². The molecular weight excluding hydrogens is 198 g/mol. The molecule has 0 saturated heterocycles. The van der Waals surface area contributed by atoms with Gasteiger partial charge in [-0.1, -0.05) is 6.07 Å². The molecule has 0 radical (unpaired) electrons. The van der Waals surface area contributed by atoms with Gasteiger partial charge in [0, 0.05) is 0 Å². The first-order valence-corrected chi connectivity index (χ1v) is 5.45. The maximum absolute atomic E-state index is 9.07. The molecule has 1 aromatic rings. The first kappa shape index (κ1) is 12.6. The molecule has 1 rings (SSSR count). The van der Waals surface area contributed by atoms with Gasteiger partial charge in [0.15, 0.2) is 0 Å². The fourth-order valence-electron chi connectivity index (χ4n) is 1.85. The van der Waals surface area contributed by atoms with Gasteiger partial charge >= 0.3 is 0 Å².